The van der Waals surface area contributed by atoms with Gasteiger partial charge in [0.2, 0.25) is 0 Å². The summed E-state index contributed by atoms with van der Waals surface area (Å²) in [5.41, 5.74) is 1.04. The summed E-state index contributed by atoms with van der Waals surface area (Å²) in [4.78, 5) is 2.54. The van der Waals surface area contributed by atoms with Crippen molar-refractivity contribution >= 4 is 0 Å². The lowest BCUT2D eigenvalue weighted by molar-refractivity contribution is 0.184. The van der Waals surface area contributed by atoms with Crippen LogP contribution in [0.15, 0.2) is 6.20 Å². The molecule has 5 heteroatoms. The summed E-state index contributed by atoms with van der Waals surface area (Å²) < 4.78 is 1.97. The fourth-order valence-electron chi connectivity index (χ4n) is 2.45. The molecule has 1 saturated heterocycles. The number of likely N-dealkylation sites (tertiary alicyclic amines) is 1. The van der Waals surface area contributed by atoms with E-state index in [0.717, 1.165) is 44.2 Å². The van der Waals surface area contributed by atoms with E-state index in [1.165, 1.54) is 25.9 Å². The SMILES string of the molecule is CCCNCc1cn(CCN2CCC(C)CC2)nn1. The highest BCUT2D eigenvalue weighted by Crippen LogP contribution is 2.15. The second-order valence-corrected chi connectivity index (χ2v) is 5.67. The van der Waals surface area contributed by atoms with E-state index in [-0.39, 0.29) is 0 Å². The minimum absolute atomic E-state index is 0.828. The molecule has 0 aliphatic carbocycles. The number of nitrogens with zero attached hydrogens (tertiary/aromatic N) is 4. The third-order valence-corrected chi connectivity index (χ3v) is 3.84. The summed E-state index contributed by atoms with van der Waals surface area (Å²) in [5, 5.41) is 11.7. The summed E-state index contributed by atoms with van der Waals surface area (Å²) in [6.07, 6.45) is 5.89. The van der Waals surface area contributed by atoms with Crippen LogP contribution in [0.2, 0.25) is 0 Å². The molecule has 108 valence electrons. The molecule has 0 aromatic carbocycles. The van der Waals surface area contributed by atoms with Gasteiger partial charge in [-0.3, -0.25) is 4.68 Å². The van der Waals surface area contributed by atoms with Crippen LogP contribution >= 0.6 is 0 Å². The lowest BCUT2D eigenvalue weighted by atomic mass is 9.99. The molecule has 0 bridgehead atoms. The second-order valence-electron chi connectivity index (χ2n) is 5.67. The molecule has 0 radical (unpaired) electrons. The predicted molar refractivity (Wildman–Crippen MR) is 76.9 cm³/mol. The Hall–Kier alpha value is -0.940. The zero-order chi connectivity index (χ0) is 13.5. The molecule has 0 saturated carbocycles. The van der Waals surface area contributed by atoms with E-state index in [1.807, 2.05) is 4.68 Å². The minimum Gasteiger partial charge on any atom is -0.311 e. The zero-order valence-electron chi connectivity index (χ0n) is 12.3. The van der Waals surface area contributed by atoms with Gasteiger partial charge in [0.15, 0.2) is 0 Å². The van der Waals surface area contributed by atoms with E-state index in [9.17, 15) is 0 Å². The van der Waals surface area contributed by atoms with Crippen molar-refractivity contribution in [2.45, 2.75) is 46.2 Å². The highest BCUT2D eigenvalue weighted by Gasteiger charge is 2.15. The molecule has 0 unspecified atom stereocenters. The normalized spacial score (nSPS) is 18.0. The Morgan fingerprint density at radius 1 is 1.32 bits per heavy atom. The van der Waals surface area contributed by atoms with Crippen LogP contribution in [-0.2, 0) is 13.1 Å². The highest BCUT2D eigenvalue weighted by molar-refractivity contribution is 4.91. The number of piperidine rings is 1. The molecule has 0 spiro atoms. The van der Waals surface area contributed by atoms with Crippen molar-refractivity contribution in [2.24, 2.45) is 5.92 Å². The molecule has 1 fully saturated rings. The number of nitrogens with one attached hydrogen (secondary N) is 1. The molecule has 1 aromatic heterocycles. The Kier molecular flexibility index (Phi) is 5.79. The summed E-state index contributed by atoms with van der Waals surface area (Å²) in [7, 11) is 0. The number of aromatic nitrogens is 3. The molecule has 1 aliphatic heterocycles. The predicted octanol–water partition coefficient (Wildman–Crippen LogP) is 1.51. The zero-order valence-corrected chi connectivity index (χ0v) is 12.3. The van der Waals surface area contributed by atoms with Gasteiger partial charge in [-0.25, -0.2) is 0 Å². The fourth-order valence-corrected chi connectivity index (χ4v) is 2.45. The van der Waals surface area contributed by atoms with Gasteiger partial charge < -0.3 is 10.2 Å². The van der Waals surface area contributed by atoms with Crippen molar-refractivity contribution in [1.82, 2.24) is 25.2 Å². The van der Waals surface area contributed by atoms with Crippen molar-refractivity contribution in [3.05, 3.63) is 11.9 Å². The van der Waals surface area contributed by atoms with Gasteiger partial charge >= 0.3 is 0 Å². The lowest BCUT2D eigenvalue weighted by Crippen LogP contribution is -2.35. The monoisotopic (exact) mass is 265 g/mol. The maximum atomic E-state index is 4.20. The van der Waals surface area contributed by atoms with Crippen molar-refractivity contribution in [3.8, 4) is 0 Å². The van der Waals surface area contributed by atoms with Gasteiger partial charge in [-0.05, 0) is 44.8 Å². The van der Waals surface area contributed by atoms with Gasteiger partial charge in [-0.1, -0.05) is 19.1 Å². The molecule has 2 heterocycles. The Balaban J connectivity index is 1.68. The fraction of sp³-hybridized carbons (Fsp3) is 0.857. The van der Waals surface area contributed by atoms with Crippen molar-refractivity contribution < 1.29 is 0 Å². The molecule has 1 N–H and O–H groups in total. The number of rotatable bonds is 7. The van der Waals surface area contributed by atoms with Crippen LogP contribution in [0.4, 0.5) is 0 Å². The molecular weight excluding hydrogens is 238 g/mol. The van der Waals surface area contributed by atoms with Crippen molar-refractivity contribution in [2.75, 3.05) is 26.2 Å². The quantitative estimate of drug-likeness (QED) is 0.759. The average molecular weight is 265 g/mol. The van der Waals surface area contributed by atoms with Crippen LogP contribution in [0.3, 0.4) is 0 Å². The largest absolute Gasteiger partial charge is 0.311 e. The van der Waals surface area contributed by atoms with Crippen LogP contribution in [-0.4, -0.2) is 46.1 Å². The molecular formula is C14H27N5. The standard InChI is InChI=1S/C14H27N5/c1-3-6-15-11-14-12-19(17-16-14)10-9-18-7-4-13(2)5-8-18/h12-13,15H,3-11H2,1-2H3. The van der Waals surface area contributed by atoms with Crippen LogP contribution in [0.1, 0.15) is 38.8 Å². The van der Waals surface area contributed by atoms with Crippen molar-refractivity contribution in [3.63, 3.8) is 0 Å². The van der Waals surface area contributed by atoms with Gasteiger partial charge in [0.25, 0.3) is 0 Å². The Labute approximate surface area is 116 Å². The highest BCUT2D eigenvalue weighted by atomic mass is 15.4. The van der Waals surface area contributed by atoms with Crippen molar-refractivity contribution in [1.29, 1.82) is 0 Å². The summed E-state index contributed by atoms with van der Waals surface area (Å²) in [6, 6.07) is 0. The Morgan fingerprint density at radius 3 is 2.84 bits per heavy atom. The van der Waals surface area contributed by atoms with E-state index in [4.69, 9.17) is 0 Å². The second kappa shape index (κ2) is 7.60. The maximum Gasteiger partial charge on any atom is 0.0964 e. The molecule has 5 nitrogen and oxygen atoms in total. The van der Waals surface area contributed by atoms with E-state index < -0.39 is 0 Å². The number of hydrogen-bond donors (Lipinski definition) is 1. The minimum atomic E-state index is 0.828. The Bertz CT molecular complexity index is 354. The third kappa shape index (κ3) is 4.91. The Morgan fingerprint density at radius 2 is 2.11 bits per heavy atom. The first-order valence-corrected chi connectivity index (χ1v) is 7.60. The summed E-state index contributed by atoms with van der Waals surface area (Å²) in [6.45, 7) is 10.9. The summed E-state index contributed by atoms with van der Waals surface area (Å²) >= 11 is 0. The third-order valence-electron chi connectivity index (χ3n) is 3.84. The van der Waals surface area contributed by atoms with Gasteiger partial charge in [-0.2, -0.15) is 0 Å². The first-order valence-electron chi connectivity index (χ1n) is 7.60. The average Bonchev–Trinajstić information content (AvgIpc) is 2.86. The molecule has 0 atom stereocenters. The van der Waals surface area contributed by atoms with Crippen LogP contribution in [0, 0.1) is 5.92 Å². The topological polar surface area (TPSA) is 46.0 Å². The van der Waals surface area contributed by atoms with E-state index >= 15 is 0 Å². The number of hydrogen-bond acceptors (Lipinski definition) is 4. The van der Waals surface area contributed by atoms with Crippen LogP contribution in [0.5, 0.6) is 0 Å². The van der Waals surface area contributed by atoms with Crippen LogP contribution in [0.25, 0.3) is 0 Å². The maximum absolute atomic E-state index is 4.20. The lowest BCUT2D eigenvalue weighted by Gasteiger charge is -2.29. The smallest absolute Gasteiger partial charge is 0.0964 e. The van der Waals surface area contributed by atoms with Gasteiger partial charge in [-0.15, -0.1) is 5.10 Å². The first-order chi connectivity index (χ1) is 9.28. The van der Waals surface area contributed by atoms with Gasteiger partial charge in [0.1, 0.15) is 0 Å². The van der Waals surface area contributed by atoms with Gasteiger partial charge in [0.05, 0.1) is 12.2 Å². The molecule has 19 heavy (non-hydrogen) atoms. The van der Waals surface area contributed by atoms with E-state index in [0.29, 0.717) is 0 Å². The molecule has 1 aromatic rings. The molecule has 1 aliphatic rings. The van der Waals surface area contributed by atoms with E-state index in [1.54, 1.807) is 0 Å². The molecule has 0 amide bonds. The molecule has 2 rings (SSSR count). The van der Waals surface area contributed by atoms with E-state index in [2.05, 4.69) is 40.6 Å². The summed E-state index contributed by atoms with van der Waals surface area (Å²) in [5.74, 6) is 0.902. The van der Waals surface area contributed by atoms with Crippen LogP contribution < -0.4 is 5.32 Å². The van der Waals surface area contributed by atoms with Gasteiger partial charge in [0, 0.05) is 19.3 Å². The first kappa shape index (κ1) is 14.5.